The molecule has 174 valence electrons. The van der Waals surface area contributed by atoms with E-state index in [0.29, 0.717) is 34.8 Å². The smallest absolute Gasteiger partial charge is 0.337 e. The van der Waals surface area contributed by atoms with Gasteiger partial charge in [-0.1, -0.05) is 12.1 Å². The van der Waals surface area contributed by atoms with Crippen LogP contribution in [0, 0.1) is 13.8 Å². The van der Waals surface area contributed by atoms with E-state index in [1.807, 2.05) is 6.92 Å². The minimum Gasteiger partial charge on any atom is -0.503 e. The number of hydrogen-bond donors (Lipinski definition) is 1. The average Bonchev–Trinajstić information content (AvgIpc) is 3.51. The number of carbonyl (C=O) groups excluding carboxylic acids is 3. The number of nitrogens with zero attached hydrogens (tertiary/aromatic N) is 3. The SMILES string of the molecule is COC(=O)c1ccc(C2C(C(=O)c3sc(C)nc3C)=C(O)C(=O)N2CCN2CCCC2)cc1. The molecular weight excluding hydrogens is 442 g/mol. The van der Waals surface area contributed by atoms with Gasteiger partial charge in [-0.05, 0) is 57.5 Å². The lowest BCUT2D eigenvalue weighted by atomic mass is 9.94. The molecule has 0 saturated carbocycles. The number of aliphatic hydroxyl groups is 1. The molecule has 0 aliphatic carbocycles. The minimum atomic E-state index is -0.749. The van der Waals surface area contributed by atoms with Crippen LogP contribution in [0.4, 0.5) is 0 Å². The van der Waals surface area contributed by atoms with E-state index in [1.165, 1.54) is 18.4 Å². The molecule has 2 aliphatic rings. The number of carbonyl (C=O) groups is 3. The topological polar surface area (TPSA) is 100 Å². The molecule has 1 N–H and O–H groups in total. The standard InChI is InChI=1S/C24H27N3O5S/c1-14-22(33-15(2)25-14)20(28)18-19(16-6-8-17(9-7-16)24(31)32-3)27(23(30)21(18)29)13-12-26-10-4-5-11-26/h6-9,19,29H,4-5,10-13H2,1-3H3. The summed E-state index contributed by atoms with van der Waals surface area (Å²) in [6, 6.07) is 5.85. The van der Waals surface area contributed by atoms with Gasteiger partial charge in [-0.25, -0.2) is 9.78 Å². The van der Waals surface area contributed by atoms with Crippen LogP contribution in [0.5, 0.6) is 0 Å². The molecule has 33 heavy (non-hydrogen) atoms. The number of ketones is 1. The van der Waals surface area contributed by atoms with Gasteiger partial charge in [0.05, 0.1) is 39.9 Å². The van der Waals surface area contributed by atoms with Gasteiger partial charge >= 0.3 is 5.97 Å². The molecule has 3 heterocycles. The van der Waals surface area contributed by atoms with Crippen molar-refractivity contribution < 1.29 is 24.2 Å². The van der Waals surface area contributed by atoms with Crippen LogP contribution in [0.25, 0.3) is 0 Å². The highest BCUT2D eigenvalue weighted by atomic mass is 32.1. The van der Waals surface area contributed by atoms with Crippen molar-refractivity contribution in [2.75, 3.05) is 33.3 Å². The van der Waals surface area contributed by atoms with Crippen LogP contribution < -0.4 is 0 Å². The summed E-state index contributed by atoms with van der Waals surface area (Å²) in [5.41, 5.74) is 1.64. The molecule has 9 heteroatoms. The first-order valence-corrected chi connectivity index (χ1v) is 11.8. The Balaban J connectivity index is 1.72. The van der Waals surface area contributed by atoms with E-state index in [0.717, 1.165) is 30.9 Å². The van der Waals surface area contributed by atoms with Crippen molar-refractivity contribution in [2.45, 2.75) is 32.7 Å². The van der Waals surface area contributed by atoms with Gasteiger partial charge in [0, 0.05) is 13.1 Å². The highest BCUT2D eigenvalue weighted by Crippen LogP contribution is 2.40. The molecule has 2 aliphatic heterocycles. The Bertz CT molecular complexity index is 1120. The first-order chi connectivity index (χ1) is 15.8. The van der Waals surface area contributed by atoms with E-state index in [4.69, 9.17) is 4.74 Å². The summed E-state index contributed by atoms with van der Waals surface area (Å²) < 4.78 is 4.77. The quantitative estimate of drug-likeness (QED) is 0.491. The fourth-order valence-corrected chi connectivity index (χ4v) is 5.38. The molecular formula is C24H27N3O5S. The molecule has 1 aromatic heterocycles. The normalized spacial score (nSPS) is 18.9. The number of methoxy groups -OCH3 is 1. The lowest BCUT2D eigenvalue weighted by molar-refractivity contribution is -0.129. The monoisotopic (exact) mass is 469 g/mol. The molecule has 0 radical (unpaired) electrons. The Kier molecular flexibility index (Phi) is 6.62. The van der Waals surface area contributed by atoms with Crippen LogP contribution in [0.3, 0.4) is 0 Å². The molecule has 0 spiro atoms. The van der Waals surface area contributed by atoms with Crippen LogP contribution in [0.2, 0.25) is 0 Å². The highest BCUT2D eigenvalue weighted by Gasteiger charge is 2.44. The van der Waals surface area contributed by atoms with Gasteiger partial charge in [0.2, 0.25) is 5.78 Å². The second-order valence-electron chi connectivity index (χ2n) is 8.30. The third-order valence-corrected chi connectivity index (χ3v) is 7.23. The third-order valence-electron chi connectivity index (χ3n) is 6.16. The summed E-state index contributed by atoms with van der Waals surface area (Å²) >= 11 is 1.25. The number of rotatable bonds is 7. The number of likely N-dealkylation sites (tertiary alicyclic amines) is 1. The molecule has 1 aromatic carbocycles. The zero-order chi connectivity index (χ0) is 23.7. The second-order valence-corrected chi connectivity index (χ2v) is 9.51. The summed E-state index contributed by atoms with van der Waals surface area (Å²) in [7, 11) is 1.31. The van der Waals surface area contributed by atoms with Crippen molar-refractivity contribution in [2.24, 2.45) is 0 Å². The Morgan fingerprint density at radius 3 is 2.39 bits per heavy atom. The fraction of sp³-hybridized carbons (Fsp3) is 0.417. The molecule has 1 amide bonds. The van der Waals surface area contributed by atoms with Gasteiger partial charge in [0.15, 0.2) is 5.76 Å². The molecule has 1 unspecified atom stereocenters. The molecule has 0 bridgehead atoms. The van der Waals surface area contributed by atoms with Crippen LogP contribution >= 0.6 is 11.3 Å². The van der Waals surface area contributed by atoms with Crippen molar-refractivity contribution >= 4 is 29.0 Å². The number of benzene rings is 1. The maximum absolute atomic E-state index is 13.5. The predicted molar refractivity (Wildman–Crippen MR) is 123 cm³/mol. The second kappa shape index (κ2) is 9.44. The Morgan fingerprint density at radius 2 is 1.82 bits per heavy atom. The van der Waals surface area contributed by atoms with E-state index < -0.39 is 29.5 Å². The van der Waals surface area contributed by atoms with Gasteiger partial charge in [-0.15, -0.1) is 11.3 Å². The van der Waals surface area contributed by atoms with E-state index >= 15 is 0 Å². The van der Waals surface area contributed by atoms with Crippen molar-refractivity contribution in [1.82, 2.24) is 14.8 Å². The van der Waals surface area contributed by atoms with Crippen molar-refractivity contribution in [3.8, 4) is 0 Å². The summed E-state index contributed by atoms with van der Waals surface area (Å²) in [4.78, 5) is 47.1. The number of esters is 1. The van der Waals surface area contributed by atoms with Gasteiger partial charge < -0.3 is 19.6 Å². The van der Waals surface area contributed by atoms with Crippen LogP contribution in [0.15, 0.2) is 35.6 Å². The summed E-state index contributed by atoms with van der Waals surface area (Å²) in [5.74, 6) is -1.94. The number of thiazole rings is 1. The van der Waals surface area contributed by atoms with Gasteiger partial charge in [-0.2, -0.15) is 0 Å². The first-order valence-electron chi connectivity index (χ1n) is 10.9. The summed E-state index contributed by atoms with van der Waals surface area (Å²) in [6.07, 6.45) is 2.26. The first kappa shape index (κ1) is 23.1. The van der Waals surface area contributed by atoms with Gasteiger partial charge in [0.1, 0.15) is 0 Å². The zero-order valence-electron chi connectivity index (χ0n) is 19.0. The van der Waals surface area contributed by atoms with E-state index in [9.17, 15) is 19.5 Å². The van der Waals surface area contributed by atoms with Crippen molar-refractivity contribution in [3.05, 3.63) is 62.3 Å². The Labute approximate surface area is 196 Å². The number of aryl methyl sites for hydroxylation is 2. The predicted octanol–water partition coefficient (Wildman–Crippen LogP) is 3.22. The molecule has 4 rings (SSSR count). The maximum atomic E-state index is 13.5. The summed E-state index contributed by atoms with van der Waals surface area (Å²) in [5, 5.41) is 11.6. The molecule has 8 nitrogen and oxygen atoms in total. The lowest BCUT2D eigenvalue weighted by Gasteiger charge is -2.28. The van der Waals surface area contributed by atoms with Gasteiger partial charge in [-0.3, -0.25) is 9.59 Å². The number of aromatic nitrogens is 1. The zero-order valence-corrected chi connectivity index (χ0v) is 19.8. The van der Waals surface area contributed by atoms with E-state index in [-0.39, 0.29) is 5.57 Å². The van der Waals surface area contributed by atoms with Gasteiger partial charge in [0.25, 0.3) is 5.91 Å². The molecule has 1 fully saturated rings. The average molecular weight is 470 g/mol. The van der Waals surface area contributed by atoms with E-state index in [1.54, 1.807) is 36.1 Å². The largest absolute Gasteiger partial charge is 0.503 e. The summed E-state index contributed by atoms with van der Waals surface area (Å²) in [6.45, 7) is 6.56. The Morgan fingerprint density at radius 1 is 1.15 bits per heavy atom. The molecule has 1 saturated heterocycles. The Hall–Kier alpha value is -3.04. The number of amides is 1. The number of Topliss-reactive ketones (excluding diaryl/α,β-unsaturated/α-hetero) is 1. The lowest BCUT2D eigenvalue weighted by Crippen LogP contribution is -2.38. The fourth-order valence-electron chi connectivity index (χ4n) is 4.50. The third kappa shape index (κ3) is 4.43. The number of ether oxygens (including phenoxy) is 1. The van der Waals surface area contributed by atoms with Crippen molar-refractivity contribution in [1.29, 1.82) is 0 Å². The number of aliphatic hydroxyl groups excluding tert-OH is 1. The molecule has 1 atom stereocenters. The molecule has 2 aromatic rings. The van der Waals surface area contributed by atoms with Crippen molar-refractivity contribution in [3.63, 3.8) is 0 Å². The van der Waals surface area contributed by atoms with Crippen LogP contribution in [-0.2, 0) is 9.53 Å². The minimum absolute atomic E-state index is 0.0546. The van der Waals surface area contributed by atoms with E-state index in [2.05, 4.69) is 9.88 Å². The van der Waals surface area contributed by atoms with Crippen LogP contribution in [-0.4, -0.2) is 70.8 Å². The van der Waals surface area contributed by atoms with Crippen LogP contribution in [0.1, 0.15) is 55.2 Å². The highest BCUT2D eigenvalue weighted by molar-refractivity contribution is 7.14. The maximum Gasteiger partial charge on any atom is 0.337 e. The number of hydrogen-bond acceptors (Lipinski definition) is 8.